The van der Waals surface area contributed by atoms with Crippen molar-refractivity contribution < 1.29 is 9.72 Å². The van der Waals surface area contributed by atoms with Gasteiger partial charge in [-0.3, -0.25) is 14.9 Å². The molecule has 7 heteroatoms. The van der Waals surface area contributed by atoms with Gasteiger partial charge in [-0.15, -0.1) is 0 Å². The number of carbonyl (C=O) groups is 1. The summed E-state index contributed by atoms with van der Waals surface area (Å²) >= 11 is 0. The van der Waals surface area contributed by atoms with Crippen LogP contribution in [0.3, 0.4) is 0 Å². The zero-order valence-corrected chi connectivity index (χ0v) is 14.9. The fraction of sp³-hybridized carbons (Fsp3) is 0.300. The maximum Gasteiger partial charge on any atom is 0.293 e. The number of nitrogens with one attached hydrogen (secondary N) is 1. The third kappa shape index (κ3) is 4.42. The van der Waals surface area contributed by atoms with E-state index in [1.54, 1.807) is 36.4 Å². The second-order valence-corrected chi connectivity index (χ2v) is 6.49. The minimum atomic E-state index is -0.433. The van der Waals surface area contributed by atoms with E-state index in [-0.39, 0.29) is 11.3 Å². The first-order chi connectivity index (χ1) is 13.1. The van der Waals surface area contributed by atoms with Gasteiger partial charge < -0.3 is 10.2 Å². The summed E-state index contributed by atoms with van der Waals surface area (Å²) in [6.45, 7) is 1.59. The molecule has 1 saturated heterocycles. The molecule has 1 N–H and O–H groups in total. The molecule has 0 aliphatic carbocycles. The summed E-state index contributed by atoms with van der Waals surface area (Å²) in [4.78, 5) is 25.6. The molecule has 0 radical (unpaired) electrons. The van der Waals surface area contributed by atoms with Crippen molar-refractivity contribution in [2.45, 2.75) is 25.7 Å². The van der Waals surface area contributed by atoms with E-state index >= 15 is 0 Å². The molecule has 0 unspecified atom stereocenters. The molecule has 27 heavy (non-hydrogen) atoms. The summed E-state index contributed by atoms with van der Waals surface area (Å²) in [6.07, 6.45) is 3.47. The maximum absolute atomic E-state index is 12.5. The molecule has 1 heterocycles. The number of hydrogen-bond acceptors (Lipinski definition) is 5. The minimum Gasteiger partial charge on any atom is -0.366 e. The maximum atomic E-state index is 12.5. The Morgan fingerprint density at radius 2 is 1.85 bits per heavy atom. The molecule has 0 aromatic heterocycles. The lowest BCUT2D eigenvalue weighted by Crippen LogP contribution is -2.30. The molecular weight excluding hydrogens is 344 g/mol. The molecule has 0 atom stereocenters. The highest BCUT2D eigenvalue weighted by Gasteiger charge is 2.23. The van der Waals surface area contributed by atoms with Crippen molar-refractivity contribution in [3.63, 3.8) is 0 Å². The predicted octanol–water partition coefficient (Wildman–Crippen LogP) is 3.90. The van der Waals surface area contributed by atoms with Crippen LogP contribution in [-0.2, 0) is 6.42 Å². The lowest BCUT2D eigenvalue weighted by molar-refractivity contribution is -0.384. The van der Waals surface area contributed by atoms with E-state index < -0.39 is 10.8 Å². The van der Waals surface area contributed by atoms with Gasteiger partial charge in [0.25, 0.3) is 11.6 Å². The molecule has 1 aliphatic rings. The van der Waals surface area contributed by atoms with Crippen LogP contribution in [0.15, 0.2) is 42.5 Å². The lowest BCUT2D eigenvalue weighted by Gasteiger charge is -2.28. The van der Waals surface area contributed by atoms with Gasteiger partial charge in [0.05, 0.1) is 17.4 Å². The van der Waals surface area contributed by atoms with E-state index in [4.69, 9.17) is 5.26 Å². The van der Waals surface area contributed by atoms with Gasteiger partial charge in [0.2, 0.25) is 0 Å². The summed E-state index contributed by atoms with van der Waals surface area (Å²) in [5.41, 5.74) is 2.19. The van der Waals surface area contributed by atoms with Crippen molar-refractivity contribution in [3.05, 3.63) is 63.7 Å². The monoisotopic (exact) mass is 364 g/mol. The molecular formula is C20H20N4O3. The smallest absolute Gasteiger partial charge is 0.293 e. The molecule has 1 aliphatic heterocycles. The second kappa shape index (κ2) is 8.32. The van der Waals surface area contributed by atoms with Crippen LogP contribution in [-0.4, -0.2) is 23.9 Å². The molecule has 138 valence electrons. The number of carbonyl (C=O) groups excluding carboxylic acids is 1. The normalized spacial score (nSPS) is 13.7. The van der Waals surface area contributed by atoms with Crippen molar-refractivity contribution in [1.82, 2.24) is 0 Å². The highest BCUT2D eigenvalue weighted by Crippen LogP contribution is 2.31. The summed E-state index contributed by atoms with van der Waals surface area (Å²) in [6, 6.07) is 13.6. The van der Waals surface area contributed by atoms with Crippen LogP contribution in [0, 0.1) is 21.4 Å². The minimum absolute atomic E-state index is 0.0473. The van der Waals surface area contributed by atoms with Crippen molar-refractivity contribution in [1.29, 1.82) is 5.26 Å². The molecule has 0 bridgehead atoms. The van der Waals surface area contributed by atoms with Crippen LogP contribution >= 0.6 is 0 Å². The van der Waals surface area contributed by atoms with Crippen LogP contribution in [0.2, 0.25) is 0 Å². The first kappa shape index (κ1) is 18.4. The summed E-state index contributed by atoms with van der Waals surface area (Å²) < 4.78 is 0. The van der Waals surface area contributed by atoms with Gasteiger partial charge in [0.1, 0.15) is 5.69 Å². The number of nitro groups is 1. The third-order valence-corrected chi connectivity index (χ3v) is 4.63. The van der Waals surface area contributed by atoms with Gasteiger partial charge in [0.15, 0.2) is 0 Å². The average Bonchev–Trinajstić information content (AvgIpc) is 2.70. The van der Waals surface area contributed by atoms with E-state index in [2.05, 4.69) is 11.4 Å². The lowest BCUT2D eigenvalue weighted by atomic mass is 10.1. The molecule has 3 rings (SSSR count). The Kier molecular flexibility index (Phi) is 5.67. The van der Waals surface area contributed by atoms with E-state index in [0.29, 0.717) is 17.8 Å². The highest BCUT2D eigenvalue weighted by atomic mass is 16.6. The van der Waals surface area contributed by atoms with E-state index in [9.17, 15) is 14.9 Å². The zero-order chi connectivity index (χ0) is 19.2. The van der Waals surface area contributed by atoms with Crippen LogP contribution in [0.1, 0.15) is 35.2 Å². The van der Waals surface area contributed by atoms with Crippen molar-refractivity contribution >= 4 is 23.0 Å². The quantitative estimate of drug-likeness (QED) is 0.641. The molecule has 7 nitrogen and oxygen atoms in total. The fourth-order valence-corrected chi connectivity index (χ4v) is 3.21. The largest absolute Gasteiger partial charge is 0.366 e. The van der Waals surface area contributed by atoms with Gasteiger partial charge in [-0.05, 0) is 49.1 Å². The Balaban J connectivity index is 1.79. The van der Waals surface area contributed by atoms with Crippen LogP contribution in [0.5, 0.6) is 0 Å². The highest BCUT2D eigenvalue weighted by molar-refractivity contribution is 6.05. The number of piperidine rings is 1. The number of nitro benzene ring substituents is 1. The first-order valence-corrected chi connectivity index (χ1v) is 8.89. The summed E-state index contributed by atoms with van der Waals surface area (Å²) in [7, 11) is 0. The Labute approximate surface area is 157 Å². The average molecular weight is 364 g/mol. The standard InChI is InChI=1S/C20H20N4O3/c21-11-10-15-4-7-17(8-5-15)22-20(25)16-6-9-18(19(14-16)24(26)27)23-12-2-1-3-13-23/h4-9,14H,1-3,10,12-13H2,(H,22,25). The Hall–Kier alpha value is -3.40. The number of nitriles is 1. The number of rotatable bonds is 5. The molecule has 0 spiro atoms. The number of anilines is 2. The van der Waals surface area contributed by atoms with Gasteiger partial charge in [0, 0.05) is 30.4 Å². The van der Waals surface area contributed by atoms with E-state index in [0.717, 1.165) is 37.9 Å². The zero-order valence-electron chi connectivity index (χ0n) is 14.9. The number of nitrogens with zero attached hydrogens (tertiary/aromatic N) is 3. The molecule has 2 aromatic carbocycles. The van der Waals surface area contributed by atoms with Crippen molar-refractivity contribution in [2.24, 2.45) is 0 Å². The number of amides is 1. The summed E-state index contributed by atoms with van der Waals surface area (Å²) in [5.74, 6) is -0.406. The Morgan fingerprint density at radius 1 is 1.15 bits per heavy atom. The number of hydrogen-bond donors (Lipinski definition) is 1. The van der Waals surface area contributed by atoms with Gasteiger partial charge in [-0.2, -0.15) is 5.26 Å². The molecule has 1 amide bonds. The van der Waals surface area contributed by atoms with E-state index in [1.807, 2.05) is 4.90 Å². The van der Waals surface area contributed by atoms with Crippen LogP contribution < -0.4 is 10.2 Å². The van der Waals surface area contributed by atoms with Crippen molar-refractivity contribution in [2.75, 3.05) is 23.3 Å². The van der Waals surface area contributed by atoms with Crippen molar-refractivity contribution in [3.8, 4) is 6.07 Å². The summed E-state index contributed by atoms with van der Waals surface area (Å²) in [5, 5.41) is 22.9. The third-order valence-electron chi connectivity index (χ3n) is 4.63. The van der Waals surface area contributed by atoms with Crippen LogP contribution in [0.25, 0.3) is 0 Å². The van der Waals surface area contributed by atoms with Crippen LogP contribution in [0.4, 0.5) is 17.1 Å². The van der Waals surface area contributed by atoms with Gasteiger partial charge in [-0.1, -0.05) is 12.1 Å². The fourth-order valence-electron chi connectivity index (χ4n) is 3.21. The Bertz CT molecular complexity index is 881. The molecule has 2 aromatic rings. The Morgan fingerprint density at radius 3 is 2.48 bits per heavy atom. The number of benzene rings is 2. The molecule has 0 saturated carbocycles. The predicted molar refractivity (Wildman–Crippen MR) is 103 cm³/mol. The van der Waals surface area contributed by atoms with Gasteiger partial charge in [-0.25, -0.2) is 0 Å². The van der Waals surface area contributed by atoms with Gasteiger partial charge >= 0.3 is 0 Å². The SMILES string of the molecule is N#CCc1ccc(NC(=O)c2ccc(N3CCCCC3)c([N+](=O)[O-])c2)cc1. The van der Waals surface area contributed by atoms with E-state index in [1.165, 1.54) is 6.07 Å². The topological polar surface area (TPSA) is 99.3 Å². The second-order valence-electron chi connectivity index (χ2n) is 6.49. The first-order valence-electron chi connectivity index (χ1n) is 8.89. The molecule has 1 fully saturated rings.